The molecule has 0 aliphatic rings. The molecule has 4 heteroatoms. The normalized spacial score (nSPS) is 10.6. The van der Waals surface area contributed by atoms with Crippen molar-refractivity contribution < 1.29 is 9.21 Å². The van der Waals surface area contributed by atoms with Gasteiger partial charge in [-0.05, 0) is 42.5 Å². The van der Waals surface area contributed by atoms with Crippen molar-refractivity contribution in [1.82, 2.24) is 0 Å². The number of nitrogens with one attached hydrogen (secondary N) is 1. The Bertz CT molecular complexity index is 515. The van der Waals surface area contributed by atoms with E-state index < -0.39 is 0 Å². The number of furan rings is 1. The number of benzene rings is 1. The van der Waals surface area contributed by atoms with Crippen molar-refractivity contribution in [3.05, 3.63) is 59.0 Å². The second-order valence-corrected chi connectivity index (χ2v) is 4.26. The zero-order chi connectivity index (χ0) is 12.1. The first-order valence-corrected chi connectivity index (χ1v) is 5.81. The van der Waals surface area contributed by atoms with E-state index in [4.69, 9.17) is 4.42 Å². The van der Waals surface area contributed by atoms with Crippen molar-refractivity contribution in [3.8, 4) is 0 Å². The lowest BCUT2D eigenvalue weighted by Crippen LogP contribution is -2.07. The molecule has 3 nitrogen and oxygen atoms in total. The summed E-state index contributed by atoms with van der Waals surface area (Å²) in [4.78, 5) is 11.5. The molecule has 0 aliphatic heterocycles. The molecule has 1 heterocycles. The van der Waals surface area contributed by atoms with E-state index in [2.05, 4.69) is 21.2 Å². The largest absolute Gasteiger partial charge is 0.465 e. The second kappa shape index (κ2) is 5.50. The lowest BCUT2D eigenvalue weighted by molar-refractivity contribution is -0.111. The Morgan fingerprint density at radius 1 is 1.24 bits per heavy atom. The number of carbonyl (C=O) groups is 1. The molecule has 0 bridgehead atoms. The van der Waals surface area contributed by atoms with Gasteiger partial charge in [-0.25, -0.2) is 0 Å². The van der Waals surface area contributed by atoms with E-state index in [9.17, 15) is 4.79 Å². The molecular formula is C13H10BrNO2. The van der Waals surface area contributed by atoms with Crippen LogP contribution in [-0.2, 0) is 4.79 Å². The van der Waals surface area contributed by atoms with E-state index in [1.807, 2.05) is 24.3 Å². The quantitative estimate of drug-likeness (QED) is 0.877. The summed E-state index contributed by atoms with van der Waals surface area (Å²) < 4.78 is 6.05. The molecule has 2 aromatic rings. The molecule has 0 saturated heterocycles. The zero-order valence-corrected chi connectivity index (χ0v) is 10.5. The van der Waals surface area contributed by atoms with Crippen LogP contribution in [0.2, 0.25) is 0 Å². The van der Waals surface area contributed by atoms with Crippen LogP contribution < -0.4 is 5.32 Å². The molecule has 86 valence electrons. The summed E-state index contributed by atoms with van der Waals surface area (Å²) in [6.07, 6.45) is 4.61. The highest BCUT2D eigenvalue weighted by molar-refractivity contribution is 9.10. The maximum Gasteiger partial charge on any atom is 0.248 e. The average molecular weight is 292 g/mol. The third-order valence-corrected chi connectivity index (χ3v) is 2.58. The molecule has 0 aliphatic carbocycles. The van der Waals surface area contributed by atoms with Gasteiger partial charge in [-0.3, -0.25) is 4.79 Å². The summed E-state index contributed by atoms with van der Waals surface area (Å²) in [5, 5.41) is 2.74. The van der Waals surface area contributed by atoms with Gasteiger partial charge in [0.2, 0.25) is 5.91 Å². The standard InChI is InChI=1S/C13H10BrNO2/c14-10-3-5-11(6-4-10)15-13(16)8-7-12-2-1-9-17-12/h1-9H,(H,15,16)/b8-7+. The van der Waals surface area contributed by atoms with Crippen LogP contribution in [0, 0.1) is 0 Å². The first-order chi connectivity index (χ1) is 8.24. The van der Waals surface area contributed by atoms with Crippen LogP contribution in [0.5, 0.6) is 0 Å². The van der Waals surface area contributed by atoms with Crippen molar-refractivity contribution in [2.45, 2.75) is 0 Å². The Kier molecular flexibility index (Phi) is 3.77. The zero-order valence-electron chi connectivity index (χ0n) is 8.89. The fourth-order valence-corrected chi connectivity index (χ4v) is 1.53. The fraction of sp³-hybridized carbons (Fsp3) is 0. The first-order valence-electron chi connectivity index (χ1n) is 5.02. The second-order valence-electron chi connectivity index (χ2n) is 3.34. The Labute approximate surface area is 107 Å². The van der Waals surface area contributed by atoms with Gasteiger partial charge in [0, 0.05) is 16.2 Å². The van der Waals surface area contributed by atoms with Gasteiger partial charge >= 0.3 is 0 Å². The Balaban J connectivity index is 1.95. The van der Waals surface area contributed by atoms with Crippen molar-refractivity contribution in [3.63, 3.8) is 0 Å². The molecule has 1 amide bonds. The van der Waals surface area contributed by atoms with Crippen molar-refractivity contribution in [2.24, 2.45) is 0 Å². The van der Waals surface area contributed by atoms with Crippen LogP contribution in [0.25, 0.3) is 6.08 Å². The fourth-order valence-electron chi connectivity index (χ4n) is 1.26. The molecule has 0 radical (unpaired) electrons. The van der Waals surface area contributed by atoms with E-state index in [1.54, 1.807) is 24.5 Å². The van der Waals surface area contributed by atoms with Gasteiger partial charge in [-0.2, -0.15) is 0 Å². The van der Waals surface area contributed by atoms with Crippen LogP contribution in [0.4, 0.5) is 5.69 Å². The first kappa shape index (κ1) is 11.7. The van der Waals surface area contributed by atoms with E-state index in [0.29, 0.717) is 5.76 Å². The maximum absolute atomic E-state index is 11.5. The van der Waals surface area contributed by atoms with E-state index in [0.717, 1.165) is 10.2 Å². The summed E-state index contributed by atoms with van der Waals surface area (Å²) in [5.74, 6) is 0.458. The molecular weight excluding hydrogens is 282 g/mol. The molecule has 0 atom stereocenters. The Morgan fingerprint density at radius 2 is 2.00 bits per heavy atom. The van der Waals surface area contributed by atoms with Crippen molar-refractivity contribution in [1.29, 1.82) is 0 Å². The van der Waals surface area contributed by atoms with Gasteiger partial charge in [-0.15, -0.1) is 0 Å². The van der Waals surface area contributed by atoms with Gasteiger partial charge in [0.25, 0.3) is 0 Å². The number of hydrogen-bond acceptors (Lipinski definition) is 2. The third-order valence-electron chi connectivity index (χ3n) is 2.05. The van der Waals surface area contributed by atoms with Crippen LogP contribution in [0.1, 0.15) is 5.76 Å². The average Bonchev–Trinajstić information content (AvgIpc) is 2.83. The highest BCUT2D eigenvalue weighted by Gasteiger charge is 1.97. The van der Waals surface area contributed by atoms with Crippen molar-refractivity contribution >= 4 is 33.6 Å². The van der Waals surface area contributed by atoms with E-state index in [1.165, 1.54) is 6.08 Å². The third kappa shape index (κ3) is 3.60. The number of anilines is 1. The van der Waals surface area contributed by atoms with Crippen LogP contribution in [0.3, 0.4) is 0 Å². The lowest BCUT2D eigenvalue weighted by Gasteiger charge is -2.01. The van der Waals surface area contributed by atoms with E-state index >= 15 is 0 Å². The minimum atomic E-state index is -0.191. The van der Waals surface area contributed by atoms with Gasteiger partial charge in [0.1, 0.15) is 5.76 Å². The Hall–Kier alpha value is -1.81. The van der Waals surface area contributed by atoms with Gasteiger partial charge in [0.05, 0.1) is 6.26 Å². The number of carbonyl (C=O) groups excluding carboxylic acids is 1. The summed E-state index contributed by atoms with van der Waals surface area (Å²) >= 11 is 3.33. The number of rotatable bonds is 3. The molecule has 0 unspecified atom stereocenters. The summed E-state index contributed by atoms with van der Waals surface area (Å²) in [7, 11) is 0. The highest BCUT2D eigenvalue weighted by Crippen LogP contribution is 2.14. The van der Waals surface area contributed by atoms with Crippen LogP contribution >= 0.6 is 15.9 Å². The molecule has 0 fully saturated rings. The van der Waals surface area contributed by atoms with Gasteiger partial charge in [-0.1, -0.05) is 15.9 Å². The van der Waals surface area contributed by atoms with E-state index in [-0.39, 0.29) is 5.91 Å². The van der Waals surface area contributed by atoms with Crippen molar-refractivity contribution in [2.75, 3.05) is 5.32 Å². The predicted octanol–water partition coefficient (Wildman–Crippen LogP) is 3.69. The number of amides is 1. The molecule has 1 aromatic carbocycles. The van der Waals surface area contributed by atoms with Gasteiger partial charge in [0.15, 0.2) is 0 Å². The molecule has 17 heavy (non-hydrogen) atoms. The molecule has 1 aromatic heterocycles. The minimum absolute atomic E-state index is 0.191. The maximum atomic E-state index is 11.5. The Morgan fingerprint density at radius 3 is 2.65 bits per heavy atom. The SMILES string of the molecule is O=C(/C=C/c1ccco1)Nc1ccc(Br)cc1. The molecule has 2 rings (SSSR count). The monoisotopic (exact) mass is 291 g/mol. The molecule has 0 spiro atoms. The number of halogens is 1. The summed E-state index contributed by atoms with van der Waals surface area (Å²) in [6.45, 7) is 0. The van der Waals surface area contributed by atoms with Gasteiger partial charge < -0.3 is 9.73 Å². The van der Waals surface area contributed by atoms with Crippen LogP contribution in [0.15, 0.2) is 57.6 Å². The smallest absolute Gasteiger partial charge is 0.248 e. The summed E-state index contributed by atoms with van der Waals surface area (Å²) in [5.41, 5.74) is 0.752. The molecule has 1 N–H and O–H groups in total. The topological polar surface area (TPSA) is 42.2 Å². The highest BCUT2D eigenvalue weighted by atomic mass is 79.9. The molecule has 0 saturated carbocycles. The minimum Gasteiger partial charge on any atom is -0.465 e. The van der Waals surface area contributed by atoms with Crippen LogP contribution in [-0.4, -0.2) is 5.91 Å². The predicted molar refractivity (Wildman–Crippen MR) is 70.5 cm³/mol. The summed E-state index contributed by atoms with van der Waals surface area (Å²) in [6, 6.07) is 10.9. The number of hydrogen-bond donors (Lipinski definition) is 1. The lowest BCUT2D eigenvalue weighted by atomic mass is 10.3.